The van der Waals surface area contributed by atoms with Crippen LogP contribution in [0.15, 0.2) is 65.7 Å². The van der Waals surface area contributed by atoms with Gasteiger partial charge in [-0.05, 0) is 11.1 Å². The SMILES string of the molecule is CN=C(c1ccccc1)C(C)c1ccccc1. The zero-order chi connectivity index (χ0) is 12.1. The van der Waals surface area contributed by atoms with E-state index < -0.39 is 0 Å². The van der Waals surface area contributed by atoms with Crippen LogP contribution in [0.3, 0.4) is 0 Å². The van der Waals surface area contributed by atoms with Gasteiger partial charge < -0.3 is 0 Å². The van der Waals surface area contributed by atoms with Gasteiger partial charge in [0.25, 0.3) is 0 Å². The lowest BCUT2D eigenvalue weighted by molar-refractivity contribution is 1.01. The largest absolute Gasteiger partial charge is 0.292 e. The normalized spacial score (nSPS) is 13.4. The number of nitrogens with zero attached hydrogens (tertiary/aromatic N) is 1. The van der Waals surface area contributed by atoms with E-state index >= 15 is 0 Å². The Hall–Kier alpha value is -1.89. The van der Waals surface area contributed by atoms with Crippen LogP contribution in [0.1, 0.15) is 24.0 Å². The first-order chi connectivity index (χ1) is 8.33. The summed E-state index contributed by atoms with van der Waals surface area (Å²) in [6.07, 6.45) is 0. The monoisotopic (exact) mass is 223 g/mol. The summed E-state index contributed by atoms with van der Waals surface area (Å²) in [5, 5.41) is 0. The van der Waals surface area contributed by atoms with Crippen molar-refractivity contribution >= 4 is 5.71 Å². The number of benzene rings is 2. The van der Waals surface area contributed by atoms with Gasteiger partial charge in [-0.2, -0.15) is 0 Å². The molecule has 0 radical (unpaired) electrons. The molecule has 0 aliphatic carbocycles. The van der Waals surface area contributed by atoms with Gasteiger partial charge in [-0.15, -0.1) is 0 Å². The second kappa shape index (κ2) is 5.44. The quantitative estimate of drug-likeness (QED) is 0.700. The maximum atomic E-state index is 4.45. The lowest BCUT2D eigenvalue weighted by Gasteiger charge is -2.15. The lowest BCUT2D eigenvalue weighted by Crippen LogP contribution is -2.10. The Balaban J connectivity index is 2.33. The average molecular weight is 223 g/mol. The first-order valence-corrected chi connectivity index (χ1v) is 5.90. The molecule has 0 saturated carbocycles. The van der Waals surface area contributed by atoms with Gasteiger partial charge in [0.15, 0.2) is 0 Å². The highest BCUT2D eigenvalue weighted by molar-refractivity contribution is 6.04. The predicted molar refractivity (Wildman–Crippen MR) is 73.8 cm³/mol. The molecule has 1 nitrogen and oxygen atoms in total. The van der Waals surface area contributed by atoms with Gasteiger partial charge in [0.1, 0.15) is 0 Å². The Morgan fingerprint density at radius 1 is 0.882 bits per heavy atom. The van der Waals surface area contributed by atoms with Crippen molar-refractivity contribution in [3.63, 3.8) is 0 Å². The Morgan fingerprint density at radius 2 is 1.41 bits per heavy atom. The van der Waals surface area contributed by atoms with E-state index in [1.54, 1.807) is 0 Å². The van der Waals surface area contributed by atoms with Crippen molar-refractivity contribution in [1.29, 1.82) is 0 Å². The molecule has 0 aliphatic rings. The van der Waals surface area contributed by atoms with Crippen molar-refractivity contribution in [3.05, 3.63) is 71.8 Å². The summed E-state index contributed by atoms with van der Waals surface area (Å²) in [4.78, 5) is 4.45. The van der Waals surface area contributed by atoms with E-state index in [4.69, 9.17) is 0 Å². The maximum Gasteiger partial charge on any atom is 0.0489 e. The van der Waals surface area contributed by atoms with Gasteiger partial charge in [-0.25, -0.2) is 0 Å². The second-order valence-electron chi connectivity index (χ2n) is 4.11. The highest BCUT2D eigenvalue weighted by Crippen LogP contribution is 2.20. The zero-order valence-electron chi connectivity index (χ0n) is 10.3. The predicted octanol–water partition coefficient (Wildman–Crippen LogP) is 3.91. The van der Waals surface area contributed by atoms with E-state index in [9.17, 15) is 0 Å². The van der Waals surface area contributed by atoms with Crippen molar-refractivity contribution in [2.24, 2.45) is 4.99 Å². The third-order valence-corrected chi connectivity index (χ3v) is 3.02. The molecule has 0 aromatic heterocycles. The Labute approximate surface area is 103 Å². The topological polar surface area (TPSA) is 12.4 Å². The summed E-state index contributed by atoms with van der Waals surface area (Å²) in [6.45, 7) is 2.20. The summed E-state index contributed by atoms with van der Waals surface area (Å²) in [5.74, 6) is 0.323. The molecule has 17 heavy (non-hydrogen) atoms. The molecule has 2 rings (SSSR count). The standard InChI is InChI=1S/C16H17N/c1-13(14-9-5-3-6-10-14)16(17-2)15-11-7-4-8-12-15/h3-13H,1-2H3. The molecule has 2 aromatic rings. The zero-order valence-corrected chi connectivity index (χ0v) is 10.3. The van der Waals surface area contributed by atoms with Crippen LogP contribution in [-0.2, 0) is 0 Å². The van der Waals surface area contributed by atoms with Gasteiger partial charge in [-0.1, -0.05) is 67.6 Å². The van der Waals surface area contributed by atoms with Crippen LogP contribution in [0.4, 0.5) is 0 Å². The fourth-order valence-electron chi connectivity index (χ4n) is 2.08. The maximum absolute atomic E-state index is 4.45. The van der Waals surface area contributed by atoms with E-state index in [0.29, 0.717) is 5.92 Å². The van der Waals surface area contributed by atoms with Crippen molar-refractivity contribution < 1.29 is 0 Å². The molecule has 0 heterocycles. The Kier molecular flexibility index (Phi) is 3.71. The van der Waals surface area contributed by atoms with Gasteiger partial charge in [0, 0.05) is 18.7 Å². The van der Waals surface area contributed by atoms with Gasteiger partial charge in [-0.3, -0.25) is 4.99 Å². The first kappa shape index (κ1) is 11.6. The molecule has 0 spiro atoms. The highest BCUT2D eigenvalue weighted by Gasteiger charge is 2.13. The van der Waals surface area contributed by atoms with E-state index in [0.717, 1.165) is 5.71 Å². The van der Waals surface area contributed by atoms with Crippen molar-refractivity contribution in [1.82, 2.24) is 0 Å². The molecular weight excluding hydrogens is 206 g/mol. The van der Waals surface area contributed by atoms with Crippen LogP contribution in [0.2, 0.25) is 0 Å². The van der Waals surface area contributed by atoms with Gasteiger partial charge >= 0.3 is 0 Å². The summed E-state index contributed by atoms with van der Waals surface area (Å²) in [7, 11) is 1.86. The molecule has 0 aliphatic heterocycles. The Morgan fingerprint density at radius 3 is 1.94 bits per heavy atom. The van der Waals surface area contributed by atoms with Crippen molar-refractivity contribution in [2.75, 3.05) is 7.05 Å². The van der Waals surface area contributed by atoms with E-state index in [2.05, 4.69) is 60.4 Å². The molecule has 0 N–H and O–H groups in total. The number of aliphatic imine (C=N–C) groups is 1. The van der Waals surface area contributed by atoms with Crippen molar-refractivity contribution in [2.45, 2.75) is 12.8 Å². The fraction of sp³-hybridized carbons (Fsp3) is 0.188. The molecule has 1 unspecified atom stereocenters. The summed E-state index contributed by atoms with van der Waals surface area (Å²) in [6, 6.07) is 20.9. The van der Waals surface area contributed by atoms with Gasteiger partial charge in [0.05, 0.1) is 0 Å². The molecule has 1 atom stereocenters. The minimum Gasteiger partial charge on any atom is -0.292 e. The minimum atomic E-state index is 0.323. The smallest absolute Gasteiger partial charge is 0.0489 e. The van der Waals surface area contributed by atoms with E-state index in [-0.39, 0.29) is 0 Å². The van der Waals surface area contributed by atoms with E-state index in [1.165, 1.54) is 11.1 Å². The first-order valence-electron chi connectivity index (χ1n) is 5.90. The summed E-state index contributed by atoms with van der Waals surface area (Å²) in [5.41, 5.74) is 3.64. The van der Waals surface area contributed by atoms with Crippen LogP contribution < -0.4 is 0 Å². The fourth-order valence-corrected chi connectivity index (χ4v) is 2.08. The number of hydrogen-bond donors (Lipinski definition) is 0. The van der Waals surface area contributed by atoms with Crippen LogP contribution in [0.25, 0.3) is 0 Å². The van der Waals surface area contributed by atoms with Crippen LogP contribution in [-0.4, -0.2) is 12.8 Å². The lowest BCUT2D eigenvalue weighted by atomic mass is 9.91. The minimum absolute atomic E-state index is 0.323. The van der Waals surface area contributed by atoms with Crippen LogP contribution in [0.5, 0.6) is 0 Å². The Bertz CT molecular complexity index is 485. The second-order valence-corrected chi connectivity index (χ2v) is 4.11. The summed E-state index contributed by atoms with van der Waals surface area (Å²) < 4.78 is 0. The number of rotatable bonds is 3. The molecule has 2 aromatic carbocycles. The molecule has 0 amide bonds. The molecule has 1 heteroatoms. The third-order valence-electron chi connectivity index (χ3n) is 3.02. The highest BCUT2D eigenvalue weighted by atomic mass is 14.7. The van der Waals surface area contributed by atoms with E-state index in [1.807, 2.05) is 19.2 Å². The average Bonchev–Trinajstić information content (AvgIpc) is 2.42. The summed E-state index contributed by atoms with van der Waals surface area (Å²) >= 11 is 0. The molecule has 0 fully saturated rings. The van der Waals surface area contributed by atoms with Gasteiger partial charge in [0.2, 0.25) is 0 Å². The molecule has 86 valence electrons. The van der Waals surface area contributed by atoms with Crippen LogP contribution in [0, 0.1) is 0 Å². The van der Waals surface area contributed by atoms with Crippen molar-refractivity contribution in [3.8, 4) is 0 Å². The number of hydrogen-bond acceptors (Lipinski definition) is 1. The van der Waals surface area contributed by atoms with Crippen LogP contribution >= 0.6 is 0 Å². The molecule has 0 bridgehead atoms. The molecular formula is C16H17N. The third kappa shape index (κ3) is 2.62. The molecule has 0 saturated heterocycles.